The van der Waals surface area contributed by atoms with Crippen molar-refractivity contribution in [2.45, 2.75) is 19.8 Å². The highest BCUT2D eigenvalue weighted by atomic mass is 35.5. The largest absolute Gasteiger partial charge is 0.494 e. The number of hydrogen-bond acceptors (Lipinski definition) is 4. The molecule has 0 saturated carbocycles. The molecule has 0 unspecified atom stereocenters. The molecule has 0 aromatic heterocycles. The lowest BCUT2D eigenvalue weighted by atomic mass is 9.78. The molecule has 0 bridgehead atoms. The third kappa shape index (κ3) is 4.60. The van der Waals surface area contributed by atoms with Crippen LogP contribution in [0.3, 0.4) is 0 Å². The second kappa shape index (κ2) is 8.98. The van der Waals surface area contributed by atoms with Crippen LogP contribution in [0, 0.1) is 5.41 Å². The predicted octanol–water partition coefficient (Wildman–Crippen LogP) is 2.46. The lowest BCUT2D eigenvalue weighted by Gasteiger charge is -2.35. The van der Waals surface area contributed by atoms with Crippen molar-refractivity contribution in [1.29, 1.82) is 0 Å². The fourth-order valence-electron chi connectivity index (χ4n) is 2.71. The fraction of sp³-hybridized carbons (Fsp3) is 0.562. The Morgan fingerprint density at radius 3 is 2.73 bits per heavy atom. The van der Waals surface area contributed by atoms with Gasteiger partial charge in [-0.2, -0.15) is 0 Å². The first-order valence-electron chi connectivity index (χ1n) is 7.44. The lowest BCUT2D eigenvalue weighted by Crippen LogP contribution is -2.47. The second-order valence-corrected chi connectivity index (χ2v) is 5.38. The molecule has 1 aromatic rings. The molecule has 1 aromatic carbocycles. The molecule has 5 nitrogen and oxygen atoms in total. The Morgan fingerprint density at radius 2 is 2.09 bits per heavy atom. The van der Waals surface area contributed by atoms with Gasteiger partial charge in [-0.15, -0.1) is 12.4 Å². The molecule has 1 aliphatic rings. The molecular formula is C16H25ClN2O3. The van der Waals surface area contributed by atoms with Crippen LogP contribution in [0.2, 0.25) is 0 Å². The van der Waals surface area contributed by atoms with Gasteiger partial charge in [-0.3, -0.25) is 4.79 Å². The van der Waals surface area contributed by atoms with Crippen LogP contribution in [-0.4, -0.2) is 39.3 Å². The summed E-state index contributed by atoms with van der Waals surface area (Å²) in [5.74, 6) is 0.793. The predicted molar refractivity (Wildman–Crippen MR) is 89.9 cm³/mol. The van der Waals surface area contributed by atoms with E-state index in [-0.39, 0.29) is 18.3 Å². The number of carbonyl (C=O) groups excluding carboxylic acids is 1. The van der Waals surface area contributed by atoms with Gasteiger partial charge >= 0.3 is 0 Å². The Kier molecular flexibility index (Phi) is 7.65. The number of benzene rings is 1. The Morgan fingerprint density at radius 1 is 1.36 bits per heavy atom. The Bertz CT molecular complexity index is 471. The van der Waals surface area contributed by atoms with Crippen molar-refractivity contribution in [3.05, 3.63) is 24.3 Å². The summed E-state index contributed by atoms with van der Waals surface area (Å²) in [6.07, 6.45) is 1.58. The van der Waals surface area contributed by atoms with Crippen molar-refractivity contribution < 1.29 is 14.3 Å². The molecule has 6 heteroatoms. The van der Waals surface area contributed by atoms with E-state index in [1.54, 1.807) is 7.11 Å². The minimum Gasteiger partial charge on any atom is -0.494 e. The minimum atomic E-state index is -0.443. The number of anilines is 1. The van der Waals surface area contributed by atoms with E-state index in [9.17, 15) is 4.79 Å². The summed E-state index contributed by atoms with van der Waals surface area (Å²) in [6.45, 7) is 4.68. The Balaban J connectivity index is 0.00000242. The molecule has 1 heterocycles. The van der Waals surface area contributed by atoms with Gasteiger partial charge in [-0.05, 0) is 45.0 Å². The Labute approximate surface area is 138 Å². The number of halogens is 1. The minimum absolute atomic E-state index is 0. The standard InChI is InChI=1S/C16H24N2O3.ClH/c1-3-21-14-6-4-5-13(11-14)18-15(19)16(12-20-2)7-9-17-10-8-16;/h4-6,11,17H,3,7-10,12H2,1-2H3,(H,18,19);1H. The van der Waals surface area contributed by atoms with Crippen molar-refractivity contribution in [1.82, 2.24) is 5.32 Å². The number of amides is 1. The second-order valence-electron chi connectivity index (χ2n) is 5.38. The fourth-order valence-corrected chi connectivity index (χ4v) is 2.71. The van der Waals surface area contributed by atoms with Crippen LogP contribution in [0.5, 0.6) is 5.75 Å². The first kappa shape index (κ1) is 18.7. The van der Waals surface area contributed by atoms with E-state index in [1.807, 2.05) is 31.2 Å². The average molecular weight is 329 g/mol. The maximum absolute atomic E-state index is 12.7. The molecule has 124 valence electrons. The van der Waals surface area contributed by atoms with Crippen molar-refractivity contribution in [3.63, 3.8) is 0 Å². The van der Waals surface area contributed by atoms with Gasteiger partial charge < -0.3 is 20.1 Å². The maximum atomic E-state index is 12.7. The van der Waals surface area contributed by atoms with E-state index in [2.05, 4.69) is 10.6 Å². The highest BCUT2D eigenvalue weighted by molar-refractivity contribution is 5.95. The van der Waals surface area contributed by atoms with E-state index in [0.717, 1.165) is 37.4 Å². The van der Waals surface area contributed by atoms with Gasteiger partial charge in [0.05, 0.1) is 18.6 Å². The summed E-state index contributed by atoms with van der Waals surface area (Å²) in [6, 6.07) is 7.49. The number of ether oxygens (including phenoxy) is 2. The van der Waals surface area contributed by atoms with E-state index in [0.29, 0.717) is 13.2 Å². The first-order valence-corrected chi connectivity index (χ1v) is 7.44. The van der Waals surface area contributed by atoms with E-state index in [4.69, 9.17) is 9.47 Å². The van der Waals surface area contributed by atoms with Crippen LogP contribution in [0.1, 0.15) is 19.8 Å². The highest BCUT2D eigenvalue weighted by Crippen LogP contribution is 2.31. The summed E-state index contributed by atoms with van der Waals surface area (Å²) < 4.78 is 10.8. The molecule has 1 aliphatic heterocycles. The van der Waals surface area contributed by atoms with Crippen LogP contribution in [0.15, 0.2) is 24.3 Å². The van der Waals surface area contributed by atoms with Crippen LogP contribution in [0.4, 0.5) is 5.69 Å². The van der Waals surface area contributed by atoms with Gasteiger partial charge in [-0.25, -0.2) is 0 Å². The number of piperidine rings is 1. The molecule has 0 radical (unpaired) electrons. The van der Waals surface area contributed by atoms with Gasteiger partial charge in [0.1, 0.15) is 5.75 Å². The van der Waals surface area contributed by atoms with E-state index >= 15 is 0 Å². The van der Waals surface area contributed by atoms with Gasteiger partial charge in [-0.1, -0.05) is 6.07 Å². The topological polar surface area (TPSA) is 59.6 Å². The summed E-state index contributed by atoms with van der Waals surface area (Å²) in [7, 11) is 1.65. The summed E-state index contributed by atoms with van der Waals surface area (Å²) in [5.41, 5.74) is 0.321. The van der Waals surface area contributed by atoms with Crippen molar-refractivity contribution in [3.8, 4) is 5.75 Å². The zero-order valence-electron chi connectivity index (χ0n) is 13.2. The van der Waals surface area contributed by atoms with Crippen molar-refractivity contribution >= 4 is 24.0 Å². The van der Waals surface area contributed by atoms with Crippen LogP contribution < -0.4 is 15.4 Å². The molecule has 22 heavy (non-hydrogen) atoms. The summed E-state index contributed by atoms with van der Waals surface area (Å²) >= 11 is 0. The number of rotatable bonds is 6. The van der Waals surface area contributed by atoms with Crippen molar-refractivity contribution in [2.75, 3.05) is 38.7 Å². The maximum Gasteiger partial charge on any atom is 0.233 e. The molecule has 0 aliphatic carbocycles. The van der Waals surface area contributed by atoms with E-state index in [1.165, 1.54) is 0 Å². The molecule has 0 atom stereocenters. The number of carbonyl (C=O) groups is 1. The SMILES string of the molecule is CCOc1cccc(NC(=O)C2(COC)CCNCC2)c1.Cl. The monoisotopic (exact) mass is 328 g/mol. The molecule has 1 saturated heterocycles. The average Bonchev–Trinajstić information content (AvgIpc) is 2.49. The third-order valence-corrected chi connectivity index (χ3v) is 3.87. The highest BCUT2D eigenvalue weighted by Gasteiger charge is 2.39. The van der Waals surface area contributed by atoms with Gasteiger partial charge in [0.15, 0.2) is 0 Å². The number of methoxy groups -OCH3 is 1. The molecule has 2 rings (SSSR count). The van der Waals surface area contributed by atoms with Gasteiger partial charge in [0.2, 0.25) is 5.91 Å². The summed E-state index contributed by atoms with van der Waals surface area (Å²) in [4.78, 5) is 12.7. The molecule has 1 amide bonds. The van der Waals surface area contributed by atoms with Crippen LogP contribution in [0.25, 0.3) is 0 Å². The zero-order valence-corrected chi connectivity index (χ0v) is 14.0. The first-order chi connectivity index (χ1) is 10.2. The molecule has 1 fully saturated rings. The smallest absolute Gasteiger partial charge is 0.233 e. The normalized spacial score (nSPS) is 16.5. The number of nitrogens with one attached hydrogen (secondary N) is 2. The van der Waals surface area contributed by atoms with Crippen LogP contribution >= 0.6 is 12.4 Å². The Hall–Kier alpha value is -1.30. The van der Waals surface area contributed by atoms with E-state index < -0.39 is 5.41 Å². The molecule has 2 N–H and O–H groups in total. The molecule has 0 spiro atoms. The quantitative estimate of drug-likeness (QED) is 0.842. The van der Waals surface area contributed by atoms with Crippen molar-refractivity contribution in [2.24, 2.45) is 5.41 Å². The zero-order chi connectivity index (χ0) is 15.1. The van der Waals surface area contributed by atoms with Crippen LogP contribution in [-0.2, 0) is 9.53 Å². The third-order valence-electron chi connectivity index (χ3n) is 3.87. The van der Waals surface area contributed by atoms with Gasteiger partial charge in [0.25, 0.3) is 0 Å². The summed E-state index contributed by atoms with van der Waals surface area (Å²) in [5, 5.41) is 6.30. The lowest BCUT2D eigenvalue weighted by molar-refractivity contribution is -0.130. The molecular weight excluding hydrogens is 304 g/mol. The van der Waals surface area contributed by atoms with Gasteiger partial charge in [0, 0.05) is 18.9 Å². The number of hydrogen-bond donors (Lipinski definition) is 2.